The van der Waals surface area contributed by atoms with Crippen molar-refractivity contribution in [3.63, 3.8) is 0 Å². The molecule has 0 bridgehead atoms. The van der Waals surface area contributed by atoms with Gasteiger partial charge in [-0.25, -0.2) is 0 Å². The number of ketones is 1. The molecule has 1 aromatic rings. The van der Waals surface area contributed by atoms with Gasteiger partial charge in [-0.05, 0) is 29.5 Å². The third kappa shape index (κ3) is 3.19. The van der Waals surface area contributed by atoms with E-state index >= 15 is 0 Å². The number of methoxy groups -OCH3 is 1. The molecule has 1 aliphatic rings. The molecular formula is C18H22O2. The zero-order chi connectivity index (χ0) is 14.8. The average Bonchev–Trinajstić information content (AvgIpc) is 2.87. The van der Waals surface area contributed by atoms with E-state index in [0.717, 1.165) is 6.42 Å². The van der Waals surface area contributed by atoms with Gasteiger partial charge in [-0.3, -0.25) is 4.79 Å². The fraction of sp³-hybridized carbons (Fsp3) is 0.389. The summed E-state index contributed by atoms with van der Waals surface area (Å²) in [5.41, 5.74) is 3.32. The Morgan fingerprint density at radius 2 is 1.95 bits per heavy atom. The number of hydrogen-bond donors (Lipinski definition) is 0. The smallest absolute Gasteiger partial charge is 0.170 e. The lowest BCUT2D eigenvalue weighted by molar-refractivity contribution is 0.0989. The molecular weight excluding hydrogens is 248 g/mol. The third-order valence-corrected chi connectivity index (χ3v) is 3.60. The first-order chi connectivity index (χ1) is 9.41. The van der Waals surface area contributed by atoms with Crippen molar-refractivity contribution < 1.29 is 9.53 Å². The van der Waals surface area contributed by atoms with E-state index in [1.165, 1.54) is 11.1 Å². The summed E-state index contributed by atoms with van der Waals surface area (Å²) in [6.07, 6.45) is 5.75. The van der Waals surface area contributed by atoms with Crippen LogP contribution in [-0.4, -0.2) is 12.9 Å². The van der Waals surface area contributed by atoms with Crippen LogP contribution in [-0.2, 0) is 0 Å². The Kier molecular flexibility index (Phi) is 4.12. The summed E-state index contributed by atoms with van der Waals surface area (Å²) >= 11 is 0. The molecule has 2 nitrogen and oxygen atoms in total. The molecule has 0 aliphatic heterocycles. The zero-order valence-electron chi connectivity index (χ0n) is 12.7. The van der Waals surface area contributed by atoms with Crippen LogP contribution in [0.5, 0.6) is 5.75 Å². The lowest BCUT2D eigenvalue weighted by atomic mass is 9.87. The minimum Gasteiger partial charge on any atom is -0.496 e. The molecule has 0 spiro atoms. The first-order valence-electron chi connectivity index (χ1n) is 6.98. The Bertz CT molecular complexity index is 571. The fourth-order valence-electron chi connectivity index (χ4n) is 2.40. The van der Waals surface area contributed by atoms with Gasteiger partial charge in [0, 0.05) is 6.42 Å². The van der Waals surface area contributed by atoms with Crippen LogP contribution < -0.4 is 4.74 Å². The Hall–Kier alpha value is -1.83. The number of carbonyl (C=O) groups excluding carboxylic acids is 1. The lowest BCUT2D eigenvalue weighted by Crippen LogP contribution is -2.06. The topological polar surface area (TPSA) is 26.3 Å². The Balaban J connectivity index is 2.11. The zero-order valence-corrected chi connectivity index (χ0v) is 12.7. The molecule has 0 unspecified atom stereocenters. The van der Waals surface area contributed by atoms with Gasteiger partial charge in [-0.15, -0.1) is 0 Å². The SMILES string of the molecule is COc1ccccc1C(=O)CC1=CC(C(C)(C)C)=CC1. The first-order valence-corrected chi connectivity index (χ1v) is 6.98. The largest absolute Gasteiger partial charge is 0.496 e. The number of Topliss-reactive ketones (excluding diaryl/α,β-unsaturated/α-hetero) is 1. The van der Waals surface area contributed by atoms with Gasteiger partial charge in [0.05, 0.1) is 12.7 Å². The molecule has 0 saturated carbocycles. The summed E-state index contributed by atoms with van der Waals surface area (Å²) in [7, 11) is 1.60. The fourth-order valence-corrected chi connectivity index (χ4v) is 2.40. The van der Waals surface area contributed by atoms with Gasteiger partial charge < -0.3 is 4.74 Å². The maximum Gasteiger partial charge on any atom is 0.170 e. The van der Waals surface area contributed by atoms with Gasteiger partial charge in [0.25, 0.3) is 0 Å². The van der Waals surface area contributed by atoms with Gasteiger partial charge >= 0.3 is 0 Å². The van der Waals surface area contributed by atoms with Crippen LogP contribution in [0, 0.1) is 5.41 Å². The second kappa shape index (κ2) is 5.66. The van der Waals surface area contributed by atoms with Crippen molar-refractivity contribution in [2.45, 2.75) is 33.6 Å². The molecule has 20 heavy (non-hydrogen) atoms. The van der Waals surface area contributed by atoms with E-state index in [0.29, 0.717) is 17.7 Å². The summed E-state index contributed by atoms with van der Waals surface area (Å²) in [6.45, 7) is 6.58. The molecule has 106 valence electrons. The number of carbonyl (C=O) groups is 1. The quantitative estimate of drug-likeness (QED) is 0.749. The predicted octanol–water partition coefficient (Wildman–Crippen LogP) is 4.57. The van der Waals surface area contributed by atoms with Crippen LogP contribution in [0.25, 0.3) is 0 Å². The van der Waals surface area contributed by atoms with E-state index in [2.05, 4.69) is 32.9 Å². The van der Waals surface area contributed by atoms with Crippen LogP contribution in [0.2, 0.25) is 0 Å². The van der Waals surface area contributed by atoms with Crippen LogP contribution in [0.1, 0.15) is 44.0 Å². The first kappa shape index (κ1) is 14.6. The van der Waals surface area contributed by atoms with Crippen molar-refractivity contribution in [3.05, 3.63) is 53.1 Å². The highest BCUT2D eigenvalue weighted by Crippen LogP contribution is 2.34. The molecule has 2 heteroatoms. The summed E-state index contributed by atoms with van der Waals surface area (Å²) in [6, 6.07) is 7.41. The Morgan fingerprint density at radius 3 is 2.55 bits per heavy atom. The van der Waals surface area contributed by atoms with Gasteiger partial charge in [-0.1, -0.05) is 50.6 Å². The monoisotopic (exact) mass is 270 g/mol. The average molecular weight is 270 g/mol. The van der Waals surface area contributed by atoms with Gasteiger partial charge in [0.2, 0.25) is 0 Å². The van der Waals surface area contributed by atoms with Crippen LogP contribution in [0.15, 0.2) is 47.6 Å². The Morgan fingerprint density at radius 1 is 1.25 bits per heavy atom. The number of rotatable bonds is 4. The molecule has 0 heterocycles. The Labute approximate surface area is 121 Å². The second-order valence-electron chi connectivity index (χ2n) is 6.22. The molecule has 0 radical (unpaired) electrons. The van der Waals surface area contributed by atoms with Crippen molar-refractivity contribution >= 4 is 5.78 Å². The summed E-state index contributed by atoms with van der Waals surface area (Å²) in [5, 5.41) is 0. The van der Waals surface area contributed by atoms with Gasteiger partial charge in [0.15, 0.2) is 5.78 Å². The minimum atomic E-state index is 0.122. The van der Waals surface area contributed by atoms with E-state index < -0.39 is 0 Å². The van der Waals surface area contributed by atoms with Crippen LogP contribution in [0.4, 0.5) is 0 Å². The van der Waals surface area contributed by atoms with E-state index in [-0.39, 0.29) is 11.2 Å². The van der Waals surface area contributed by atoms with Crippen molar-refractivity contribution in [1.29, 1.82) is 0 Å². The number of ether oxygens (including phenoxy) is 1. The predicted molar refractivity (Wildman–Crippen MR) is 82.2 cm³/mol. The molecule has 0 amide bonds. The van der Waals surface area contributed by atoms with Crippen molar-refractivity contribution in [2.75, 3.05) is 7.11 Å². The van der Waals surface area contributed by atoms with E-state index in [1.807, 2.05) is 24.3 Å². The van der Waals surface area contributed by atoms with E-state index in [1.54, 1.807) is 7.11 Å². The summed E-state index contributed by atoms with van der Waals surface area (Å²) in [5.74, 6) is 0.775. The molecule has 1 aliphatic carbocycles. The van der Waals surface area contributed by atoms with Crippen molar-refractivity contribution in [3.8, 4) is 5.75 Å². The number of allylic oxidation sites excluding steroid dienone is 4. The minimum absolute atomic E-state index is 0.122. The number of benzene rings is 1. The lowest BCUT2D eigenvalue weighted by Gasteiger charge is -2.18. The van der Waals surface area contributed by atoms with Crippen molar-refractivity contribution in [1.82, 2.24) is 0 Å². The maximum absolute atomic E-state index is 12.4. The maximum atomic E-state index is 12.4. The number of para-hydroxylation sites is 1. The summed E-state index contributed by atoms with van der Waals surface area (Å²) in [4.78, 5) is 12.4. The normalized spacial score (nSPS) is 14.8. The highest BCUT2D eigenvalue weighted by atomic mass is 16.5. The van der Waals surface area contributed by atoms with Gasteiger partial charge in [-0.2, -0.15) is 0 Å². The molecule has 0 fully saturated rings. The standard InChI is InChI=1S/C18H22O2/c1-18(2,3)14-10-9-13(11-14)12-16(19)15-7-5-6-8-17(15)20-4/h5-8,10-11H,9,12H2,1-4H3. The summed E-state index contributed by atoms with van der Waals surface area (Å²) < 4.78 is 5.25. The molecule has 2 rings (SSSR count). The second-order valence-corrected chi connectivity index (χ2v) is 6.22. The molecule has 0 atom stereocenters. The van der Waals surface area contributed by atoms with Crippen LogP contribution >= 0.6 is 0 Å². The van der Waals surface area contributed by atoms with Crippen LogP contribution in [0.3, 0.4) is 0 Å². The third-order valence-electron chi connectivity index (χ3n) is 3.60. The van der Waals surface area contributed by atoms with E-state index in [9.17, 15) is 4.79 Å². The molecule has 0 saturated heterocycles. The highest BCUT2D eigenvalue weighted by molar-refractivity contribution is 6.00. The van der Waals surface area contributed by atoms with Gasteiger partial charge in [0.1, 0.15) is 5.75 Å². The number of hydrogen-bond acceptors (Lipinski definition) is 2. The van der Waals surface area contributed by atoms with E-state index in [4.69, 9.17) is 4.74 Å². The van der Waals surface area contributed by atoms with Crippen molar-refractivity contribution in [2.24, 2.45) is 5.41 Å². The molecule has 0 aromatic heterocycles. The highest BCUT2D eigenvalue weighted by Gasteiger charge is 2.21. The molecule has 0 N–H and O–H groups in total. The molecule has 1 aromatic carbocycles.